The van der Waals surface area contributed by atoms with Gasteiger partial charge in [0.2, 0.25) is 0 Å². The van der Waals surface area contributed by atoms with Crippen molar-refractivity contribution >= 4 is 49.4 Å². The molecule has 0 aromatic heterocycles. The lowest BCUT2D eigenvalue weighted by atomic mass is 9.88. The van der Waals surface area contributed by atoms with E-state index in [1.807, 2.05) is 13.8 Å². The van der Waals surface area contributed by atoms with Crippen LogP contribution in [0.2, 0.25) is 0 Å². The van der Waals surface area contributed by atoms with E-state index in [1.54, 1.807) is 0 Å². The molecule has 246 valence electrons. The Morgan fingerprint density at radius 2 is 1.32 bits per heavy atom. The highest BCUT2D eigenvalue weighted by atomic mass is 15.1. The third-order valence-electron chi connectivity index (χ3n) is 9.76. The fourth-order valence-electron chi connectivity index (χ4n) is 7.19. The van der Waals surface area contributed by atoms with Crippen LogP contribution < -0.4 is 0 Å². The molecule has 2 nitrogen and oxygen atoms in total. The average Bonchev–Trinajstić information content (AvgIpc) is 3.18. The second kappa shape index (κ2) is 14.4. The Balaban J connectivity index is 0.00000193. The number of benzene rings is 7. The van der Waals surface area contributed by atoms with Gasteiger partial charge in [0.25, 0.3) is 0 Å². The van der Waals surface area contributed by atoms with Gasteiger partial charge in [-0.15, -0.1) is 0 Å². The van der Waals surface area contributed by atoms with Crippen LogP contribution in [0.5, 0.6) is 0 Å². The van der Waals surface area contributed by atoms with E-state index in [0.717, 1.165) is 29.1 Å². The van der Waals surface area contributed by atoms with Crippen LogP contribution in [0.4, 0.5) is 0 Å². The first kappa shape index (κ1) is 32.8. The van der Waals surface area contributed by atoms with Crippen LogP contribution in [-0.2, 0) is 0 Å². The second-order valence-corrected chi connectivity index (χ2v) is 12.9. The van der Waals surface area contributed by atoms with E-state index in [0.29, 0.717) is 0 Å². The van der Waals surface area contributed by atoms with Gasteiger partial charge in [0.15, 0.2) is 0 Å². The molecular formula is C48H44N2. The molecule has 0 aliphatic carbocycles. The summed E-state index contributed by atoms with van der Waals surface area (Å²) in [6.45, 7) is 9.28. The summed E-state index contributed by atoms with van der Waals surface area (Å²) in [5.41, 5.74) is 10.3. The normalized spacial score (nSPS) is 14.2. The smallest absolute Gasteiger partial charge is 0.0671 e. The molecular weight excluding hydrogens is 605 g/mol. The molecule has 0 fully saturated rings. The minimum absolute atomic E-state index is 0.213. The van der Waals surface area contributed by atoms with Gasteiger partial charge in [0.05, 0.1) is 5.70 Å². The summed E-state index contributed by atoms with van der Waals surface area (Å²) in [5, 5.41) is 7.80. The summed E-state index contributed by atoms with van der Waals surface area (Å²) in [6.07, 6.45) is 8.88. The summed E-state index contributed by atoms with van der Waals surface area (Å²) >= 11 is 0. The molecule has 0 radical (unpaired) electrons. The van der Waals surface area contributed by atoms with Gasteiger partial charge in [-0.2, -0.15) is 0 Å². The fourth-order valence-corrected chi connectivity index (χ4v) is 7.19. The third kappa shape index (κ3) is 6.37. The molecule has 1 aliphatic rings. The van der Waals surface area contributed by atoms with E-state index in [1.165, 1.54) is 60.3 Å². The molecule has 0 spiro atoms. The standard InChI is InChI=1S/C46H38N2.C2H6/c1-31(33-13-6-4-7-14-33)27-43(34-15-8-5-9-16-34)47-32(2)38-28-39(30-40(29-38)44-19-10-11-26-48(44)3)41-24-22-37-21-20-35-17-12-18-36-23-25-42(41)46(37)45(35)36;1-2/h4-25,27-31H,26H2,1-3H3;1-2H3/b43-27-,47-32?;. The second-order valence-electron chi connectivity index (χ2n) is 12.9. The summed E-state index contributed by atoms with van der Waals surface area (Å²) in [6, 6.07) is 48.5. The number of hydrogen-bond acceptors (Lipinski definition) is 2. The molecule has 1 aliphatic heterocycles. The van der Waals surface area contributed by atoms with E-state index in [2.05, 4.69) is 184 Å². The highest BCUT2D eigenvalue weighted by Gasteiger charge is 2.17. The SMILES string of the molecule is CC.CC(=N/C(=C\C(C)c1ccccc1)c1ccccc1)c1cc(C2=CC=CCN2C)cc(-c2ccc3ccc4cccc5ccc2c3c45)c1. The Kier molecular flexibility index (Phi) is 9.45. The summed E-state index contributed by atoms with van der Waals surface area (Å²) in [4.78, 5) is 7.70. The molecule has 1 heterocycles. The van der Waals surface area contributed by atoms with E-state index >= 15 is 0 Å². The van der Waals surface area contributed by atoms with Crippen molar-refractivity contribution in [2.24, 2.45) is 4.99 Å². The lowest BCUT2D eigenvalue weighted by Gasteiger charge is -2.25. The molecule has 0 saturated carbocycles. The van der Waals surface area contributed by atoms with Crippen LogP contribution in [0.1, 0.15) is 55.9 Å². The highest BCUT2D eigenvalue weighted by Crippen LogP contribution is 2.40. The molecule has 0 saturated heterocycles. The molecule has 7 aromatic rings. The van der Waals surface area contributed by atoms with Crippen LogP contribution in [0.3, 0.4) is 0 Å². The number of aliphatic imine (C=N–C) groups is 1. The Morgan fingerprint density at radius 1 is 0.680 bits per heavy atom. The molecule has 0 amide bonds. The molecule has 1 atom stereocenters. The maximum Gasteiger partial charge on any atom is 0.0671 e. The molecule has 0 bridgehead atoms. The van der Waals surface area contributed by atoms with Gasteiger partial charge in [-0.1, -0.05) is 154 Å². The minimum Gasteiger partial charge on any atom is -0.370 e. The van der Waals surface area contributed by atoms with E-state index in [-0.39, 0.29) is 5.92 Å². The minimum atomic E-state index is 0.213. The van der Waals surface area contributed by atoms with Gasteiger partial charge in [0, 0.05) is 30.9 Å². The van der Waals surface area contributed by atoms with Gasteiger partial charge in [0.1, 0.15) is 0 Å². The van der Waals surface area contributed by atoms with Gasteiger partial charge in [-0.3, -0.25) is 4.99 Å². The molecule has 0 N–H and O–H groups in total. The Morgan fingerprint density at radius 3 is 2.04 bits per heavy atom. The molecule has 8 rings (SSSR count). The first-order valence-electron chi connectivity index (χ1n) is 17.8. The lowest BCUT2D eigenvalue weighted by molar-refractivity contribution is 0.531. The zero-order valence-electron chi connectivity index (χ0n) is 29.7. The van der Waals surface area contributed by atoms with Crippen molar-refractivity contribution in [2.75, 3.05) is 13.6 Å². The largest absolute Gasteiger partial charge is 0.370 e. The molecule has 7 aromatic carbocycles. The summed E-state index contributed by atoms with van der Waals surface area (Å²) in [7, 11) is 2.17. The van der Waals surface area contributed by atoms with Crippen LogP contribution in [-0.4, -0.2) is 24.2 Å². The van der Waals surface area contributed by atoms with Crippen molar-refractivity contribution in [3.63, 3.8) is 0 Å². The van der Waals surface area contributed by atoms with E-state index in [4.69, 9.17) is 4.99 Å². The number of nitrogens with zero attached hydrogens (tertiary/aromatic N) is 2. The van der Waals surface area contributed by atoms with Gasteiger partial charge in [-0.05, 0) is 96.9 Å². The Bertz CT molecular complexity index is 2380. The van der Waals surface area contributed by atoms with Crippen molar-refractivity contribution in [2.45, 2.75) is 33.6 Å². The maximum atomic E-state index is 5.38. The first-order valence-corrected chi connectivity index (χ1v) is 17.8. The third-order valence-corrected chi connectivity index (χ3v) is 9.76. The van der Waals surface area contributed by atoms with Crippen LogP contribution in [0, 0.1) is 0 Å². The lowest BCUT2D eigenvalue weighted by Crippen LogP contribution is -2.19. The molecule has 1 unspecified atom stereocenters. The Labute approximate surface area is 296 Å². The topological polar surface area (TPSA) is 15.6 Å². The van der Waals surface area contributed by atoms with Crippen LogP contribution in [0.15, 0.2) is 163 Å². The predicted molar refractivity (Wildman–Crippen MR) is 218 cm³/mol. The zero-order valence-corrected chi connectivity index (χ0v) is 29.7. The highest BCUT2D eigenvalue weighted by molar-refractivity contribution is 6.25. The quantitative estimate of drug-likeness (QED) is 0.124. The number of allylic oxidation sites excluding steroid dienone is 3. The van der Waals surface area contributed by atoms with Gasteiger partial charge < -0.3 is 4.90 Å². The number of rotatable bonds is 7. The summed E-state index contributed by atoms with van der Waals surface area (Å²) in [5.74, 6) is 0.213. The predicted octanol–water partition coefficient (Wildman–Crippen LogP) is 12.8. The fraction of sp³-hybridized carbons (Fsp3) is 0.146. The first-order chi connectivity index (χ1) is 24.5. The number of likely N-dealkylation sites (N-methyl/N-ethyl adjacent to an activating group) is 1. The molecule has 50 heavy (non-hydrogen) atoms. The summed E-state index contributed by atoms with van der Waals surface area (Å²) < 4.78 is 0. The Hall–Kier alpha value is -5.73. The van der Waals surface area contributed by atoms with E-state index in [9.17, 15) is 0 Å². The van der Waals surface area contributed by atoms with Crippen molar-refractivity contribution in [1.29, 1.82) is 0 Å². The maximum absolute atomic E-state index is 5.38. The average molecular weight is 649 g/mol. The van der Waals surface area contributed by atoms with Crippen LogP contribution in [0.25, 0.3) is 54.8 Å². The van der Waals surface area contributed by atoms with Gasteiger partial charge >= 0.3 is 0 Å². The van der Waals surface area contributed by atoms with Crippen molar-refractivity contribution in [3.8, 4) is 11.1 Å². The van der Waals surface area contributed by atoms with Gasteiger partial charge in [-0.25, -0.2) is 0 Å². The monoisotopic (exact) mass is 648 g/mol. The van der Waals surface area contributed by atoms with Crippen LogP contribution >= 0.6 is 0 Å². The van der Waals surface area contributed by atoms with E-state index < -0.39 is 0 Å². The molecule has 2 heteroatoms. The van der Waals surface area contributed by atoms with Crippen molar-refractivity contribution in [3.05, 3.63) is 180 Å². The van der Waals surface area contributed by atoms with Crippen molar-refractivity contribution in [1.82, 2.24) is 4.90 Å². The number of hydrogen-bond donors (Lipinski definition) is 0. The van der Waals surface area contributed by atoms with Crippen molar-refractivity contribution < 1.29 is 0 Å². The zero-order chi connectivity index (χ0) is 34.6.